The van der Waals surface area contributed by atoms with Gasteiger partial charge in [-0.3, -0.25) is 0 Å². The number of hydrogen-bond acceptors (Lipinski definition) is 5. The first-order valence-corrected chi connectivity index (χ1v) is 7.14. The van der Waals surface area contributed by atoms with Gasteiger partial charge in [-0.2, -0.15) is 18.3 Å². The standard InChI is InChI=1S/C11H8F3N3O2S/c1-20(18,19)10-16-9(6-15-17-10)7-3-2-4-8(5-7)11(12,13)14/h2-6H,1H3. The molecule has 1 aromatic heterocycles. The summed E-state index contributed by atoms with van der Waals surface area (Å²) in [4.78, 5) is 3.71. The summed E-state index contributed by atoms with van der Waals surface area (Å²) in [5, 5.41) is 6.25. The molecule has 0 amide bonds. The van der Waals surface area contributed by atoms with Crippen molar-refractivity contribution in [3.05, 3.63) is 36.0 Å². The van der Waals surface area contributed by atoms with E-state index in [1.165, 1.54) is 12.1 Å². The number of sulfone groups is 1. The summed E-state index contributed by atoms with van der Waals surface area (Å²) in [7, 11) is -3.68. The van der Waals surface area contributed by atoms with Crippen molar-refractivity contribution in [2.75, 3.05) is 6.26 Å². The predicted octanol–water partition coefficient (Wildman–Crippen LogP) is 1.96. The molecule has 0 spiro atoms. The van der Waals surface area contributed by atoms with Crippen molar-refractivity contribution in [1.82, 2.24) is 15.2 Å². The summed E-state index contributed by atoms with van der Waals surface area (Å²) in [5.41, 5.74) is -0.735. The van der Waals surface area contributed by atoms with E-state index in [4.69, 9.17) is 0 Å². The first-order chi connectivity index (χ1) is 9.18. The van der Waals surface area contributed by atoms with Gasteiger partial charge in [0.05, 0.1) is 17.5 Å². The zero-order valence-electron chi connectivity index (χ0n) is 10.1. The van der Waals surface area contributed by atoms with Crippen LogP contribution >= 0.6 is 0 Å². The molecule has 20 heavy (non-hydrogen) atoms. The first kappa shape index (κ1) is 14.4. The second kappa shape index (κ2) is 4.82. The summed E-state index contributed by atoms with van der Waals surface area (Å²) < 4.78 is 60.4. The molecule has 9 heteroatoms. The van der Waals surface area contributed by atoms with E-state index < -0.39 is 26.7 Å². The maximum absolute atomic E-state index is 12.6. The molecule has 0 bridgehead atoms. The monoisotopic (exact) mass is 303 g/mol. The zero-order chi connectivity index (χ0) is 15.0. The number of hydrogen-bond donors (Lipinski definition) is 0. The van der Waals surface area contributed by atoms with E-state index in [9.17, 15) is 21.6 Å². The van der Waals surface area contributed by atoms with Crippen molar-refractivity contribution in [3.63, 3.8) is 0 Å². The van der Waals surface area contributed by atoms with Crippen LogP contribution in [-0.2, 0) is 16.0 Å². The average molecular weight is 303 g/mol. The Morgan fingerprint density at radius 2 is 1.90 bits per heavy atom. The quantitative estimate of drug-likeness (QED) is 0.848. The van der Waals surface area contributed by atoms with Crippen LogP contribution in [0.1, 0.15) is 5.56 Å². The molecule has 2 aromatic rings. The lowest BCUT2D eigenvalue weighted by Gasteiger charge is -2.08. The minimum atomic E-state index is -4.49. The topological polar surface area (TPSA) is 72.8 Å². The van der Waals surface area contributed by atoms with Crippen LogP contribution in [0.2, 0.25) is 0 Å². The Hall–Kier alpha value is -2.03. The van der Waals surface area contributed by atoms with Gasteiger partial charge in [-0.05, 0) is 12.1 Å². The van der Waals surface area contributed by atoms with E-state index in [1.54, 1.807) is 0 Å². The van der Waals surface area contributed by atoms with Crippen LogP contribution in [0.3, 0.4) is 0 Å². The van der Waals surface area contributed by atoms with Gasteiger partial charge >= 0.3 is 6.18 Å². The molecule has 1 heterocycles. The van der Waals surface area contributed by atoms with E-state index in [1.807, 2.05) is 0 Å². The molecule has 0 unspecified atom stereocenters. The smallest absolute Gasteiger partial charge is 0.221 e. The SMILES string of the molecule is CS(=O)(=O)c1nncc(-c2cccc(C(F)(F)F)c2)n1. The highest BCUT2D eigenvalue weighted by molar-refractivity contribution is 7.90. The fraction of sp³-hybridized carbons (Fsp3) is 0.182. The minimum Gasteiger partial charge on any atom is -0.221 e. The van der Waals surface area contributed by atoms with Gasteiger partial charge in [-0.15, -0.1) is 5.10 Å². The number of nitrogens with zero attached hydrogens (tertiary/aromatic N) is 3. The normalized spacial score (nSPS) is 12.4. The number of benzene rings is 1. The van der Waals surface area contributed by atoms with Crippen LogP contribution in [0.5, 0.6) is 0 Å². The Morgan fingerprint density at radius 1 is 1.20 bits per heavy atom. The van der Waals surface area contributed by atoms with Gasteiger partial charge in [0.1, 0.15) is 0 Å². The maximum Gasteiger partial charge on any atom is 0.416 e. The van der Waals surface area contributed by atoms with Gasteiger partial charge in [0.2, 0.25) is 9.84 Å². The highest BCUT2D eigenvalue weighted by Crippen LogP contribution is 2.31. The molecule has 0 fully saturated rings. The third-order valence-corrected chi connectivity index (χ3v) is 3.19. The number of alkyl halides is 3. The van der Waals surface area contributed by atoms with Crippen LogP contribution in [0.25, 0.3) is 11.3 Å². The molecular weight excluding hydrogens is 295 g/mol. The first-order valence-electron chi connectivity index (χ1n) is 5.25. The molecule has 0 aliphatic carbocycles. The lowest BCUT2D eigenvalue weighted by Crippen LogP contribution is -2.07. The summed E-state index contributed by atoms with van der Waals surface area (Å²) in [6, 6.07) is 4.37. The van der Waals surface area contributed by atoms with E-state index in [2.05, 4.69) is 15.2 Å². The van der Waals surface area contributed by atoms with Crippen LogP contribution < -0.4 is 0 Å². The van der Waals surface area contributed by atoms with Gasteiger partial charge in [-0.1, -0.05) is 12.1 Å². The van der Waals surface area contributed by atoms with Crippen LogP contribution in [0, 0.1) is 0 Å². The molecule has 0 N–H and O–H groups in total. The average Bonchev–Trinajstić information content (AvgIpc) is 2.37. The van der Waals surface area contributed by atoms with Gasteiger partial charge < -0.3 is 0 Å². The summed E-state index contributed by atoms with van der Waals surface area (Å²) in [6.07, 6.45) is -2.50. The van der Waals surface area contributed by atoms with Crippen LogP contribution in [-0.4, -0.2) is 29.9 Å². The Kier molecular flexibility index (Phi) is 3.46. The zero-order valence-corrected chi connectivity index (χ0v) is 10.9. The molecule has 5 nitrogen and oxygen atoms in total. The van der Waals surface area contributed by atoms with Crippen molar-refractivity contribution < 1.29 is 21.6 Å². The van der Waals surface area contributed by atoms with Crippen LogP contribution in [0.4, 0.5) is 13.2 Å². The number of halogens is 3. The molecule has 0 saturated heterocycles. The number of aromatic nitrogens is 3. The minimum absolute atomic E-state index is 0.00604. The van der Waals surface area contributed by atoms with Gasteiger partial charge in [0, 0.05) is 11.8 Å². The second-order valence-corrected chi connectivity index (χ2v) is 5.88. The van der Waals surface area contributed by atoms with Gasteiger partial charge in [0.25, 0.3) is 5.16 Å². The van der Waals surface area contributed by atoms with Crippen molar-refractivity contribution in [3.8, 4) is 11.3 Å². The molecule has 1 aromatic carbocycles. The predicted molar refractivity (Wildman–Crippen MR) is 63.4 cm³/mol. The maximum atomic E-state index is 12.6. The fourth-order valence-electron chi connectivity index (χ4n) is 1.44. The molecule has 0 radical (unpaired) electrons. The van der Waals surface area contributed by atoms with Crippen molar-refractivity contribution >= 4 is 9.84 Å². The Labute approximate surface area is 112 Å². The molecule has 2 rings (SSSR count). The van der Waals surface area contributed by atoms with Crippen molar-refractivity contribution in [2.45, 2.75) is 11.3 Å². The largest absolute Gasteiger partial charge is 0.416 e. The third kappa shape index (κ3) is 3.10. The molecule has 0 aliphatic heterocycles. The molecule has 0 saturated carbocycles. The highest BCUT2D eigenvalue weighted by atomic mass is 32.2. The van der Waals surface area contributed by atoms with E-state index in [0.717, 1.165) is 24.6 Å². The summed E-state index contributed by atoms with van der Waals surface area (Å²) in [5.74, 6) is 0. The van der Waals surface area contributed by atoms with E-state index >= 15 is 0 Å². The Balaban J connectivity index is 2.53. The lowest BCUT2D eigenvalue weighted by molar-refractivity contribution is -0.137. The summed E-state index contributed by atoms with van der Waals surface area (Å²) in [6.45, 7) is 0. The van der Waals surface area contributed by atoms with Gasteiger partial charge in [-0.25, -0.2) is 13.4 Å². The van der Waals surface area contributed by atoms with Crippen LogP contribution in [0.15, 0.2) is 35.6 Å². The molecule has 0 atom stereocenters. The molecular formula is C11H8F3N3O2S. The third-order valence-electron chi connectivity index (χ3n) is 2.36. The highest BCUT2D eigenvalue weighted by Gasteiger charge is 2.30. The van der Waals surface area contributed by atoms with Crippen molar-refractivity contribution in [2.24, 2.45) is 0 Å². The van der Waals surface area contributed by atoms with Crippen molar-refractivity contribution in [1.29, 1.82) is 0 Å². The second-order valence-electron chi connectivity index (χ2n) is 3.97. The fourth-order valence-corrected chi connectivity index (χ4v) is 1.90. The van der Waals surface area contributed by atoms with E-state index in [-0.39, 0.29) is 11.3 Å². The summed E-state index contributed by atoms with van der Waals surface area (Å²) >= 11 is 0. The van der Waals surface area contributed by atoms with E-state index in [0.29, 0.717) is 0 Å². The van der Waals surface area contributed by atoms with Gasteiger partial charge in [0.15, 0.2) is 0 Å². The Morgan fingerprint density at radius 3 is 2.50 bits per heavy atom. The number of rotatable bonds is 2. The molecule has 106 valence electrons. The molecule has 0 aliphatic rings. The Bertz CT molecular complexity index is 745. The lowest BCUT2D eigenvalue weighted by atomic mass is 10.1.